The second-order valence-electron chi connectivity index (χ2n) is 7.10. The van der Waals surface area contributed by atoms with Crippen LogP contribution in [0.15, 0.2) is 48.5 Å². The van der Waals surface area contributed by atoms with E-state index in [1.807, 2.05) is 30.3 Å². The number of rotatable bonds is 8. The molecule has 148 valence electrons. The molecule has 28 heavy (non-hydrogen) atoms. The molecular formula is C21H24ClN3O2S. The highest BCUT2D eigenvalue weighted by Crippen LogP contribution is 2.24. The van der Waals surface area contributed by atoms with Crippen LogP contribution < -0.4 is 10.1 Å². The van der Waals surface area contributed by atoms with Crippen LogP contribution in [0, 0.1) is 0 Å². The van der Waals surface area contributed by atoms with Gasteiger partial charge in [-0.2, -0.15) is 0 Å². The normalized spacial score (nSPS) is 17.1. The van der Waals surface area contributed by atoms with Crippen molar-refractivity contribution >= 4 is 33.2 Å². The second kappa shape index (κ2) is 8.76. The van der Waals surface area contributed by atoms with E-state index in [0.717, 1.165) is 36.5 Å². The van der Waals surface area contributed by atoms with Gasteiger partial charge in [-0.1, -0.05) is 29.8 Å². The average molecular weight is 418 g/mol. The summed E-state index contributed by atoms with van der Waals surface area (Å²) < 4.78 is 7.07. The number of benzene rings is 2. The van der Waals surface area contributed by atoms with Crippen LogP contribution in [0.4, 0.5) is 0 Å². The lowest BCUT2D eigenvalue weighted by molar-refractivity contribution is -0.120. The smallest absolute Gasteiger partial charge is 0.165 e. The van der Waals surface area contributed by atoms with E-state index in [-0.39, 0.29) is 6.61 Å². The molecule has 0 spiro atoms. The maximum absolute atomic E-state index is 11.3. The first kappa shape index (κ1) is 19.6. The van der Waals surface area contributed by atoms with E-state index in [1.54, 1.807) is 23.5 Å². The molecule has 1 saturated heterocycles. The fourth-order valence-electron chi connectivity index (χ4n) is 3.51. The standard InChI is InChI=1S/C21H24ClN3O2S/c22-16-6-5-7-17(12-16)27-15-21(26,25-10-3-4-11-25)14-23-13-20-24-18-8-1-2-9-19(18)28-20/h1-2,5-9,12,23,26H,3-4,10-11,13-15H2. The molecule has 3 aromatic rings. The Hall–Kier alpha value is -1.70. The van der Waals surface area contributed by atoms with Crippen LogP contribution in [0.2, 0.25) is 5.02 Å². The minimum Gasteiger partial charge on any atom is -0.489 e. The number of likely N-dealkylation sites (tertiary alicyclic amines) is 1. The van der Waals surface area contributed by atoms with Crippen molar-refractivity contribution in [1.29, 1.82) is 0 Å². The number of thiazole rings is 1. The molecule has 1 atom stereocenters. The average Bonchev–Trinajstić information content (AvgIpc) is 3.36. The maximum atomic E-state index is 11.3. The molecule has 0 amide bonds. The predicted molar refractivity (Wildman–Crippen MR) is 114 cm³/mol. The van der Waals surface area contributed by atoms with Crippen molar-refractivity contribution in [2.24, 2.45) is 0 Å². The number of nitrogens with zero attached hydrogens (tertiary/aromatic N) is 2. The Balaban J connectivity index is 1.40. The summed E-state index contributed by atoms with van der Waals surface area (Å²) in [5.41, 5.74) is -0.0569. The Bertz CT molecular complexity index is 896. The quantitative estimate of drug-likeness (QED) is 0.582. The number of aliphatic hydroxyl groups is 1. The predicted octanol–water partition coefficient (Wildman–Crippen LogP) is 3.90. The van der Waals surface area contributed by atoms with Gasteiger partial charge < -0.3 is 15.2 Å². The largest absolute Gasteiger partial charge is 0.489 e. The molecule has 0 bridgehead atoms. The number of hydrogen-bond acceptors (Lipinski definition) is 6. The summed E-state index contributed by atoms with van der Waals surface area (Å²) >= 11 is 7.71. The number of ether oxygens (including phenoxy) is 1. The lowest BCUT2D eigenvalue weighted by atomic mass is 10.2. The monoisotopic (exact) mass is 417 g/mol. The van der Waals surface area contributed by atoms with Gasteiger partial charge in [0.05, 0.1) is 10.2 Å². The second-order valence-corrected chi connectivity index (χ2v) is 8.65. The Morgan fingerprint density at radius 2 is 2.00 bits per heavy atom. The van der Waals surface area contributed by atoms with E-state index in [1.165, 1.54) is 4.70 Å². The number of fused-ring (bicyclic) bond motifs is 1. The highest BCUT2D eigenvalue weighted by molar-refractivity contribution is 7.18. The van der Waals surface area contributed by atoms with Crippen molar-refractivity contribution in [2.45, 2.75) is 25.1 Å². The highest BCUT2D eigenvalue weighted by atomic mass is 35.5. The zero-order valence-electron chi connectivity index (χ0n) is 15.6. The van der Waals surface area contributed by atoms with Gasteiger partial charge in [0.1, 0.15) is 17.4 Å². The van der Waals surface area contributed by atoms with Gasteiger partial charge in [-0.3, -0.25) is 4.90 Å². The van der Waals surface area contributed by atoms with E-state index in [2.05, 4.69) is 21.3 Å². The molecule has 1 aromatic heterocycles. The molecule has 7 heteroatoms. The Labute approximate surface area is 173 Å². The van der Waals surface area contributed by atoms with E-state index >= 15 is 0 Å². The van der Waals surface area contributed by atoms with Gasteiger partial charge in [0, 0.05) is 31.2 Å². The molecule has 2 aromatic carbocycles. The summed E-state index contributed by atoms with van der Waals surface area (Å²) in [6, 6.07) is 15.4. The lowest BCUT2D eigenvalue weighted by Gasteiger charge is -2.37. The van der Waals surface area contributed by atoms with Crippen LogP contribution in [-0.2, 0) is 6.54 Å². The van der Waals surface area contributed by atoms with Gasteiger partial charge in [-0.15, -0.1) is 11.3 Å². The third-order valence-electron chi connectivity index (χ3n) is 4.98. The molecule has 0 radical (unpaired) electrons. The summed E-state index contributed by atoms with van der Waals surface area (Å²) in [6.07, 6.45) is 2.19. The SMILES string of the molecule is OC(CNCc1nc2ccccc2s1)(COc1cccc(Cl)c1)N1CCCC1. The minimum atomic E-state index is -1.07. The zero-order chi connectivity index (χ0) is 19.4. The summed E-state index contributed by atoms with van der Waals surface area (Å²) in [5, 5.41) is 16.4. The first-order valence-electron chi connectivity index (χ1n) is 9.53. The van der Waals surface area contributed by atoms with Crippen molar-refractivity contribution in [3.63, 3.8) is 0 Å². The number of nitrogens with one attached hydrogen (secondary N) is 1. The van der Waals surface area contributed by atoms with E-state index in [9.17, 15) is 5.11 Å². The van der Waals surface area contributed by atoms with Gasteiger partial charge in [0.25, 0.3) is 0 Å². The van der Waals surface area contributed by atoms with Crippen molar-refractivity contribution < 1.29 is 9.84 Å². The van der Waals surface area contributed by atoms with Crippen LogP contribution in [-0.4, -0.2) is 47.0 Å². The van der Waals surface area contributed by atoms with Crippen molar-refractivity contribution in [3.05, 3.63) is 58.6 Å². The van der Waals surface area contributed by atoms with E-state index in [4.69, 9.17) is 16.3 Å². The molecule has 5 nitrogen and oxygen atoms in total. The Morgan fingerprint density at radius 1 is 1.18 bits per heavy atom. The topological polar surface area (TPSA) is 57.6 Å². The molecule has 4 rings (SSSR count). The van der Waals surface area contributed by atoms with E-state index < -0.39 is 5.72 Å². The number of halogens is 1. The molecule has 2 N–H and O–H groups in total. The van der Waals surface area contributed by atoms with Crippen molar-refractivity contribution in [3.8, 4) is 5.75 Å². The van der Waals surface area contributed by atoms with Crippen LogP contribution >= 0.6 is 22.9 Å². The van der Waals surface area contributed by atoms with Gasteiger partial charge in [-0.05, 0) is 43.2 Å². The van der Waals surface area contributed by atoms with Crippen LogP contribution in [0.3, 0.4) is 0 Å². The number of para-hydroxylation sites is 1. The summed E-state index contributed by atoms with van der Waals surface area (Å²) in [7, 11) is 0. The van der Waals surface area contributed by atoms with Gasteiger partial charge in [0.15, 0.2) is 5.72 Å². The zero-order valence-corrected chi connectivity index (χ0v) is 17.2. The maximum Gasteiger partial charge on any atom is 0.165 e. The molecular weight excluding hydrogens is 394 g/mol. The molecule has 2 heterocycles. The molecule has 1 unspecified atom stereocenters. The van der Waals surface area contributed by atoms with Crippen LogP contribution in [0.25, 0.3) is 10.2 Å². The number of aromatic nitrogens is 1. The van der Waals surface area contributed by atoms with Gasteiger partial charge >= 0.3 is 0 Å². The summed E-state index contributed by atoms with van der Waals surface area (Å²) in [4.78, 5) is 6.75. The van der Waals surface area contributed by atoms with Crippen LogP contribution in [0.1, 0.15) is 17.8 Å². The molecule has 0 saturated carbocycles. The fourth-order valence-corrected chi connectivity index (χ4v) is 4.63. The first-order valence-corrected chi connectivity index (χ1v) is 10.7. The van der Waals surface area contributed by atoms with Crippen LogP contribution in [0.5, 0.6) is 5.75 Å². The van der Waals surface area contributed by atoms with Gasteiger partial charge in [-0.25, -0.2) is 4.98 Å². The van der Waals surface area contributed by atoms with Crippen molar-refractivity contribution in [1.82, 2.24) is 15.2 Å². The summed E-state index contributed by atoms with van der Waals surface area (Å²) in [5.74, 6) is 0.663. The Kier molecular flexibility index (Phi) is 6.13. The van der Waals surface area contributed by atoms with Crippen molar-refractivity contribution in [2.75, 3.05) is 26.2 Å². The fraction of sp³-hybridized carbons (Fsp3) is 0.381. The molecule has 1 aliphatic rings. The lowest BCUT2D eigenvalue weighted by Crippen LogP contribution is -2.57. The molecule has 0 aliphatic carbocycles. The van der Waals surface area contributed by atoms with Gasteiger partial charge in [0.2, 0.25) is 0 Å². The Morgan fingerprint density at radius 3 is 2.79 bits per heavy atom. The third-order valence-corrected chi connectivity index (χ3v) is 6.25. The third kappa shape index (κ3) is 4.64. The molecule has 1 aliphatic heterocycles. The minimum absolute atomic E-state index is 0.181. The number of hydrogen-bond donors (Lipinski definition) is 2. The summed E-state index contributed by atoms with van der Waals surface area (Å²) in [6.45, 7) is 2.95. The van der Waals surface area contributed by atoms with E-state index in [0.29, 0.717) is 23.9 Å². The molecule has 1 fully saturated rings. The first-order chi connectivity index (χ1) is 13.6. The highest BCUT2D eigenvalue weighted by Gasteiger charge is 2.36.